The minimum Gasteiger partial charge on any atom is -0.497 e. The van der Waals surface area contributed by atoms with Crippen LogP contribution < -0.4 is 10.1 Å². The Morgan fingerprint density at radius 2 is 1.92 bits per heavy atom. The van der Waals surface area contributed by atoms with E-state index in [9.17, 15) is 4.79 Å². The van der Waals surface area contributed by atoms with Crippen molar-refractivity contribution in [2.75, 3.05) is 38.7 Å². The summed E-state index contributed by atoms with van der Waals surface area (Å²) < 4.78 is 10.4. The Hall–Kier alpha value is -2.67. The zero-order valence-corrected chi connectivity index (χ0v) is 13.6. The zero-order valence-electron chi connectivity index (χ0n) is 13.6. The molecule has 1 N–H and O–H groups in total. The molecule has 2 aromatic rings. The number of rotatable bonds is 5. The molecule has 1 fully saturated rings. The van der Waals surface area contributed by atoms with Crippen LogP contribution in [0.2, 0.25) is 0 Å². The molecule has 1 aromatic carbocycles. The average molecular weight is 328 g/mol. The van der Waals surface area contributed by atoms with Crippen molar-refractivity contribution in [2.24, 2.45) is 0 Å². The molecule has 7 heteroatoms. The highest BCUT2D eigenvalue weighted by atomic mass is 16.5. The number of morpholine rings is 1. The molecule has 0 bridgehead atoms. The number of hydrogen-bond acceptors (Lipinski definition) is 6. The molecule has 0 spiro atoms. The third-order valence-corrected chi connectivity index (χ3v) is 3.81. The minimum atomic E-state index is -0.104. The van der Waals surface area contributed by atoms with E-state index < -0.39 is 0 Å². The Kier molecular flexibility index (Phi) is 5.22. The summed E-state index contributed by atoms with van der Waals surface area (Å²) >= 11 is 0. The molecule has 1 saturated heterocycles. The largest absolute Gasteiger partial charge is 0.497 e. The summed E-state index contributed by atoms with van der Waals surface area (Å²) in [6.07, 6.45) is 0. The van der Waals surface area contributed by atoms with Gasteiger partial charge in [0.05, 0.1) is 20.3 Å². The SMILES string of the molecule is COc1ccc(CNc2ccc(C(=O)N3CCOCC3)nn2)cc1. The number of anilines is 1. The lowest BCUT2D eigenvalue weighted by Crippen LogP contribution is -2.41. The Morgan fingerprint density at radius 3 is 2.54 bits per heavy atom. The molecule has 1 aromatic heterocycles. The zero-order chi connectivity index (χ0) is 16.8. The predicted molar refractivity (Wildman–Crippen MR) is 89.1 cm³/mol. The summed E-state index contributed by atoms with van der Waals surface area (Å²) in [7, 11) is 1.64. The van der Waals surface area contributed by atoms with E-state index in [1.807, 2.05) is 24.3 Å². The van der Waals surface area contributed by atoms with E-state index in [4.69, 9.17) is 9.47 Å². The first-order valence-electron chi connectivity index (χ1n) is 7.84. The van der Waals surface area contributed by atoms with Crippen LogP contribution in [0.5, 0.6) is 5.75 Å². The van der Waals surface area contributed by atoms with Gasteiger partial charge in [-0.25, -0.2) is 0 Å². The molecule has 0 saturated carbocycles. The van der Waals surface area contributed by atoms with Crippen molar-refractivity contribution >= 4 is 11.7 Å². The van der Waals surface area contributed by atoms with E-state index >= 15 is 0 Å². The number of hydrogen-bond donors (Lipinski definition) is 1. The van der Waals surface area contributed by atoms with E-state index in [0.717, 1.165) is 11.3 Å². The molecule has 24 heavy (non-hydrogen) atoms. The van der Waals surface area contributed by atoms with Crippen LogP contribution in [0.4, 0.5) is 5.82 Å². The third-order valence-electron chi connectivity index (χ3n) is 3.81. The van der Waals surface area contributed by atoms with Crippen LogP contribution in [0.1, 0.15) is 16.1 Å². The second-order valence-corrected chi connectivity index (χ2v) is 5.41. The van der Waals surface area contributed by atoms with Gasteiger partial charge in [-0.1, -0.05) is 12.1 Å². The molecule has 1 aliphatic rings. The maximum atomic E-state index is 12.3. The summed E-state index contributed by atoms with van der Waals surface area (Å²) in [6, 6.07) is 11.2. The van der Waals surface area contributed by atoms with Gasteiger partial charge in [0.1, 0.15) is 11.6 Å². The minimum absolute atomic E-state index is 0.104. The molecule has 1 aliphatic heterocycles. The first-order valence-corrected chi connectivity index (χ1v) is 7.84. The highest BCUT2D eigenvalue weighted by Gasteiger charge is 2.19. The van der Waals surface area contributed by atoms with Gasteiger partial charge in [0.25, 0.3) is 5.91 Å². The normalized spacial score (nSPS) is 14.3. The average Bonchev–Trinajstić information content (AvgIpc) is 2.67. The van der Waals surface area contributed by atoms with Gasteiger partial charge in [0.15, 0.2) is 5.69 Å². The van der Waals surface area contributed by atoms with Crippen molar-refractivity contribution in [3.05, 3.63) is 47.7 Å². The number of carbonyl (C=O) groups excluding carboxylic acids is 1. The van der Waals surface area contributed by atoms with Gasteiger partial charge in [0.2, 0.25) is 0 Å². The number of ether oxygens (including phenoxy) is 2. The lowest BCUT2D eigenvalue weighted by atomic mass is 10.2. The van der Waals surface area contributed by atoms with E-state index in [-0.39, 0.29) is 5.91 Å². The number of aromatic nitrogens is 2. The maximum absolute atomic E-state index is 12.3. The summed E-state index contributed by atoms with van der Waals surface area (Å²) in [5.74, 6) is 1.35. The van der Waals surface area contributed by atoms with Gasteiger partial charge in [-0.15, -0.1) is 10.2 Å². The quantitative estimate of drug-likeness (QED) is 0.898. The summed E-state index contributed by atoms with van der Waals surface area (Å²) in [4.78, 5) is 14.0. The first-order chi connectivity index (χ1) is 11.8. The summed E-state index contributed by atoms with van der Waals surface area (Å²) in [6.45, 7) is 2.95. The molecule has 0 atom stereocenters. The second-order valence-electron chi connectivity index (χ2n) is 5.41. The van der Waals surface area contributed by atoms with Gasteiger partial charge in [0, 0.05) is 19.6 Å². The molecule has 0 radical (unpaired) electrons. The fraction of sp³-hybridized carbons (Fsp3) is 0.353. The van der Waals surface area contributed by atoms with E-state index in [1.165, 1.54) is 0 Å². The molecule has 7 nitrogen and oxygen atoms in total. The van der Waals surface area contributed by atoms with Crippen LogP contribution >= 0.6 is 0 Å². The Labute approximate surface area is 140 Å². The van der Waals surface area contributed by atoms with E-state index in [1.54, 1.807) is 24.1 Å². The molecule has 126 valence electrons. The smallest absolute Gasteiger partial charge is 0.274 e. The van der Waals surface area contributed by atoms with Crippen LogP contribution in [-0.2, 0) is 11.3 Å². The molecule has 0 aliphatic carbocycles. The summed E-state index contributed by atoms with van der Waals surface area (Å²) in [5, 5.41) is 11.3. The summed E-state index contributed by atoms with van der Waals surface area (Å²) in [5.41, 5.74) is 1.46. The topological polar surface area (TPSA) is 76.6 Å². The van der Waals surface area contributed by atoms with Gasteiger partial charge < -0.3 is 19.7 Å². The van der Waals surface area contributed by atoms with Gasteiger partial charge in [-0.2, -0.15) is 0 Å². The van der Waals surface area contributed by atoms with E-state index in [2.05, 4.69) is 15.5 Å². The lowest BCUT2D eigenvalue weighted by Gasteiger charge is -2.26. The van der Waals surface area contributed by atoms with Crippen molar-refractivity contribution in [1.82, 2.24) is 15.1 Å². The molecular formula is C17H20N4O3. The van der Waals surface area contributed by atoms with Gasteiger partial charge >= 0.3 is 0 Å². The molecule has 1 amide bonds. The Bertz CT molecular complexity index is 667. The van der Waals surface area contributed by atoms with Crippen LogP contribution in [0.3, 0.4) is 0 Å². The fourth-order valence-corrected chi connectivity index (χ4v) is 2.41. The van der Waals surface area contributed by atoms with Crippen molar-refractivity contribution in [3.63, 3.8) is 0 Å². The van der Waals surface area contributed by atoms with Gasteiger partial charge in [-0.05, 0) is 29.8 Å². The van der Waals surface area contributed by atoms with Crippen LogP contribution in [0.25, 0.3) is 0 Å². The number of carbonyl (C=O) groups is 1. The van der Waals surface area contributed by atoms with Crippen LogP contribution in [0, 0.1) is 0 Å². The van der Waals surface area contributed by atoms with E-state index in [0.29, 0.717) is 44.4 Å². The fourth-order valence-electron chi connectivity index (χ4n) is 2.41. The molecule has 0 unspecified atom stereocenters. The van der Waals surface area contributed by atoms with Gasteiger partial charge in [-0.3, -0.25) is 4.79 Å². The lowest BCUT2D eigenvalue weighted by molar-refractivity contribution is 0.0298. The number of benzene rings is 1. The maximum Gasteiger partial charge on any atom is 0.274 e. The number of methoxy groups -OCH3 is 1. The van der Waals surface area contributed by atoms with Crippen LogP contribution in [0.15, 0.2) is 36.4 Å². The number of amides is 1. The van der Waals surface area contributed by atoms with Crippen molar-refractivity contribution in [3.8, 4) is 5.75 Å². The monoisotopic (exact) mass is 328 g/mol. The predicted octanol–water partition coefficient (Wildman–Crippen LogP) is 1.57. The van der Waals surface area contributed by atoms with Crippen LogP contribution in [-0.4, -0.2) is 54.4 Å². The first kappa shape index (κ1) is 16.2. The molecule has 3 rings (SSSR count). The second kappa shape index (κ2) is 7.74. The number of nitrogens with zero attached hydrogens (tertiary/aromatic N) is 3. The highest BCUT2D eigenvalue weighted by molar-refractivity contribution is 5.92. The highest BCUT2D eigenvalue weighted by Crippen LogP contribution is 2.13. The van der Waals surface area contributed by atoms with Crippen molar-refractivity contribution in [1.29, 1.82) is 0 Å². The van der Waals surface area contributed by atoms with Crippen molar-refractivity contribution in [2.45, 2.75) is 6.54 Å². The Balaban J connectivity index is 1.56. The Morgan fingerprint density at radius 1 is 1.17 bits per heavy atom. The number of nitrogens with one attached hydrogen (secondary N) is 1. The standard InChI is InChI=1S/C17H20N4O3/c1-23-14-4-2-13(3-5-14)12-18-16-7-6-15(19-20-16)17(22)21-8-10-24-11-9-21/h2-7H,8-12H2,1H3,(H,18,20). The molecule has 2 heterocycles. The third kappa shape index (κ3) is 3.99. The molecular weight excluding hydrogens is 308 g/mol. The van der Waals surface area contributed by atoms with Crippen molar-refractivity contribution < 1.29 is 14.3 Å².